The summed E-state index contributed by atoms with van der Waals surface area (Å²) in [6, 6.07) is 5.23. The van der Waals surface area contributed by atoms with Crippen molar-refractivity contribution in [2.75, 3.05) is 6.54 Å². The Morgan fingerprint density at radius 1 is 1.28 bits per heavy atom. The second kappa shape index (κ2) is 5.08. The lowest BCUT2D eigenvalue weighted by atomic mass is 10.0. The van der Waals surface area contributed by atoms with E-state index >= 15 is 0 Å². The van der Waals surface area contributed by atoms with Crippen molar-refractivity contribution in [2.45, 2.75) is 25.3 Å². The third kappa shape index (κ3) is 2.45. The summed E-state index contributed by atoms with van der Waals surface area (Å²) in [4.78, 5) is 24.7. The van der Waals surface area contributed by atoms with Gasteiger partial charge in [0.2, 0.25) is 0 Å². The van der Waals surface area contributed by atoms with Gasteiger partial charge in [0.05, 0.1) is 0 Å². The number of carbonyl (C=O) groups excluding carboxylic acids is 1. The van der Waals surface area contributed by atoms with E-state index in [-0.39, 0.29) is 11.7 Å². The second-order valence-electron chi connectivity index (χ2n) is 4.40. The van der Waals surface area contributed by atoms with Gasteiger partial charge in [-0.25, -0.2) is 4.79 Å². The second-order valence-corrected chi connectivity index (χ2v) is 4.40. The molecule has 0 spiro atoms. The van der Waals surface area contributed by atoms with Crippen molar-refractivity contribution in [3.63, 3.8) is 0 Å². The van der Waals surface area contributed by atoms with E-state index in [2.05, 4.69) is 0 Å². The van der Waals surface area contributed by atoms with E-state index in [1.54, 1.807) is 12.1 Å². The minimum atomic E-state index is -0.969. The number of benzene rings is 1. The van der Waals surface area contributed by atoms with Crippen LogP contribution in [0.3, 0.4) is 0 Å². The van der Waals surface area contributed by atoms with Crippen LogP contribution in [0.5, 0.6) is 5.75 Å². The first kappa shape index (κ1) is 12.4. The molecule has 2 N–H and O–H groups in total. The van der Waals surface area contributed by atoms with Gasteiger partial charge in [-0.3, -0.25) is 4.79 Å². The van der Waals surface area contributed by atoms with Crippen LogP contribution in [0.1, 0.15) is 29.6 Å². The normalized spacial score (nSPS) is 19.6. The molecule has 0 aromatic heterocycles. The number of likely N-dealkylation sites (tertiary alicyclic amines) is 1. The molecule has 1 amide bonds. The number of hydrogen-bond acceptors (Lipinski definition) is 3. The van der Waals surface area contributed by atoms with Crippen molar-refractivity contribution in [3.8, 4) is 5.75 Å². The number of nitrogens with zero attached hydrogens (tertiary/aromatic N) is 1. The first-order valence-electron chi connectivity index (χ1n) is 5.92. The fourth-order valence-electron chi connectivity index (χ4n) is 2.24. The molecular weight excluding hydrogens is 234 g/mol. The molecular formula is C13H15NO4. The molecule has 18 heavy (non-hydrogen) atoms. The largest absolute Gasteiger partial charge is 0.508 e. The van der Waals surface area contributed by atoms with Gasteiger partial charge < -0.3 is 15.1 Å². The van der Waals surface area contributed by atoms with E-state index in [1.165, 1.54) is 17.0 Å². The molecule has 1 heterocycles. The Labute approximate surface area is 105 Å². The number of hydrogen-bond donors (Lipinski definition) is 2. The van der Waals surface area contributed by atoms with Gasteiger partial charge in [-0.2, -0.15) is 0 Å². The van der Waals surface area contributed by atoms with Crippen molar-refractivity contribution in [1.82, 2.24) is 4.90 Å². The fourth-order valence-corrected chi connectivity index (χ4v) is 2.24. The first-order valence-corrected chi connectivity index (χ1v) is 5.92. The van der Waals surface area contributed by atoms with Crippen molar-refractivity contribution in [2.24, 2.45) is 0 Å². The van der Waals surface area contributed by atoms with Crippen LogP contribution in [0, 0.1) is 0 Å². The predicted molar refractivity (Wildman–Crippen MR) is 64.4 cm³/mol. The van der Waals surface area contributed by atoms with Gasteiger partial charge >= 0.3 is 5.97 Å². The number of carboxylic acids is 1. The molecule has 96 valence electrons. The van der Waals surface area contributed by atoms with E-state index < -0.39 is 12.0 Å². The van der Waals surface area contributed by atoms with Crippen molar-refractivity contribution in [1.29, 1.82) is 0 Å². The quantitative estimate of drug-likeness (QED) is 0.832. The maximum atomic E-state index is 12.2. The Hall–Kier alpha value is -2.04. The molecule has 1 aliphatic rings. The third-order valence-corrected chi connectivity index (χ3v) is 3.14. The molecule has 1 saturated heterocycles. The summed E-state index contributed by atoms with van der Waals surface area (Å²) in [5, 5.41) is 18.5. The molecule has 0 radical (unpaired) electrons. The van der Waals surface area contributed by atoms with Gasteiger partial charge in [0, 0.05) is 12.1 Å². The Balaban J connectivity index is 2.23. The minimum Gasteiger partial charge on any atom is -0.508 e. The monoisotopic (exact) mass is 249 g/mol. The third-order valence-electron chi connectivity index (χ3n) is 3.14. The van der Waals surface area contributed by atoms with Crippen molar-refractivity contribution in [3.05, 3.63) is 29.8 Å². The molecule has 1 aromatic carbocycles. The number of aliphatic carboxylic acids is 1. The summed E-state index contributed by atoms with van der Waals surface area (Å²) in [6.45, 7) is 0.450. The maximum absolute atomic E-state index is 12.2. The zero-order valence-electron chi connectivity index (χ0n) is 9.87. The SMILES string of the molecule is O=C(O)[C@@H]1CCCCN1C(=O)c1cccc(O)c1. The zero-order chi connectivity index (χ0) is 13.1. The minimum absolute atomic E-state index is 0.00438. The van der Waals surface area contributed by atoms with Crippen LogP contribution in [0.4, 0.5) is 0 Å². The number of carboxylic acid groups (broad SMARTS) is 1. The average Bonchev–Trinajstić information content (AvgIpc) is 2.38. The standard InChI is InChI=1S/C13H15NO4/c15-10-5-3-4-9(8-10)12(16)14-7-2-1-6-11(14)13(17)18/h3-5,8,11,15H,1-2,6-7H2,(H,17,18)/t11-/m0/s1. The van der Waals surface area contributed by atoms with E-state index in [4.69, 9.17) is 5.11 Å². The molecule has 1 aliphatic heterocycles. The van der Waals surface area contributed by atoms with Crippen molar-refractivity contribution < 1.29 is 19.8 Å². The topological polar surface area (TPSA) is 77.8 Å². The molecule has 0 unspecified atom stereocenters. The molecule has 2 rings (SSSR count). The molecule has 0 saturated carbocycles. The molecule has 0 aliphatic carbocycles. The number of carbonyl (C=O) groups is 2. The molecule has 1 fully saturated rings. The Morgan fingerprint density at radius 2 is 2.06 bits per heavy atom. The van der Waals surface area contributed by atoms with Gasteiger partial charge in [0.25, 0.3) is 5.91 Å². The van der Waals surface area contributed by atoms with Gasteiger partial charge in [0.15, 0.2) is 0 Å². The first-order chi connectivity index (χ1) is 8.59. The van der Waals surface area contributed by atoms with Crippen LogP contribution in [-0.4, -0.2) is 39.6 Å². The summed E-state index contributed by atoms with van der Waals surface area (Å²) in [5.41, 5.74) is 0.322. The van der Waals surface area contributed by atoms with Crippen LogP contribution in [-0.2, 0) is 4.79 Å². The van der Waals surface area contributed by atoms with Gasteiger partial charge in [-0.15, -0.1) is 0 Å². The number of piperidine rings is 1. The highest BCUT2D eigenvalue weighted by atomic mass is 16.4. The highest BCUT2D eigenvalue weighted by molar-refractivity contribution is 5.97. The zero-order valence-corrected chi connectivity index (χ0v) is 9.87. The van der Waals surface area contributed by atoms with Crippen molar-refractivity contribution >= 4 is 11.9 Å². The van der Waals surface area contributed by atoms with Crippen LogP contribution >= 0.6 is 0 Å². The smallest absolute Gasteiger partial charge is 0.326 e. The highest BCUT2D eigenvalue weighted by Crippen LogP contribution is 2.21. The van der Waals surface area contributed by atoms with Gasteiger partial charge in [-0.05, 0) is 37.5 Å². The molecule has 0 bridgehead atoms. The van der Waals surface area contributed by atoms with Gasteiger partial charge in [0.1, 0.15) is 11.8 Å². The van der Waals surface area contributed by atoms with E-state index in [0.717, 1.165) is 12.8 Å². The lowest BCUT2D eigenvalue weighted by molar-refractivity contribution is -0.143. The number of aromatic hydroxyl groups is 1. The summed E-state index contributed by atoms with van der Waals surface area (Å²) < 4.78 is 0. The molecule has 5 nitrogen and oxygen atoms in total. The summed E-state index contributed by atoms with van der Waals surface area (Å²) in [6.07, 6.45) is 2.12. The van der Waals surface area contributed by atoms with Gasteiger partial charge in [-0.1, -0.05) is 6.07 Å². The number of rotatable bonds is 2. The summed E-state index contributed by atoms with van der Waals surface area (Å²) in [7, 11) is 0. The Morgan fingerprint density at radius 3 is 2.72 bits per heavy atom. The molecule has 5 heteroatoms. The lowest BCUT2D eigenvalue weighted by Gasteiger charge is -2.33. The van der Waals surface area contributed by atoms with E-state index in [0.29, 0.717) is 18.5 Å². The number of amides is 1. The molecule has 1 aromatic rings. The van der Waals surface area contributed by atoms with Crippen LogP contribution < -0.4 is 0 Å². The Kier molecular flexibility index (Phi) is 3.50. The summed E-state index contributed by atoms with van der Waals surface area (Å²) >= 11 is 0. The Bertz CT molecular complexity index is 472. The van der Waals surface area contributed by atoms with E-state index in [1.807, 2.05) is 0 Å². The maximum Gasteiger partial charge on any atom is 0.326 e. The number of phenolic OH excluding ortho intramolecular Hbond substituents is 1. The van der Waals surface area contributed by atoms with Crippen LogP contribution in [0.2, 0.25) is 0 Å². The van der Waals surface area contributed by atoms with Crippen LogP contribution in [0.15, 0.2) is 24.3 Å². The fraction of sp³-hybridized carbons (Fsp3) is 0.385. The lowest BCUT2D eigenvalue weighted by Crippen LogP contribution is -2.47. The van der Waals surface area contributed by atoms with E-state index in [9.17, 15) is 14.7 Å². The summed E-state index contributed by atoms with van der Waals surface area (Å²) in [5.74, 6) is -1.30. The predicted octanol–water partition coefficient (Wildman–Crippen LogP) is 1.47. The number of phenols is 1. The average molecular weight is 249 g/mol. The van der Waals surface area contributed by atoms with Crippen LogP contribution in [0.25, 0.3) is 0 Å². The highest BCUT2D eigenvalue weighted by Gasteiger charge is 2.32. The molecule has 1 atom stereocenters.